The van der Waals surface area contributed by atoms with E-state index < -0.39 is 0 Å². The minimum Gasteiger partial charge on any atom is -0.496 e. The fraction of sp³-hybridized carbons (Fsp3) is 0.273. The number of carbonyl (C=O) groups excluding carboxylic acids is 1. The van der Waals surface area contributed by atoms with E-state index in [0.29, 0.717) is 17.9 Å². The zero-order chi connectivity index (χ0) is 19.0. The summed E-state index contributed by atoms with van der Waals surface area (Å²) in [6.07, 6.45) is 5.09. The molecule has 1 aliphatic heterocycles. The molecule has 5 heteroatoms. The Bertz CT molecular complexity index is 923. The molecule has 0 saturated carbocycles. The molecule has 5 nitrogen and oxygen atoms in total. The van der Waals surface area contributed by atoms with Gasteiger partial charge in [0.1, 0.15) is 5.75 Å². The molecule has 27 heavy (non-hydrogen) atoms. The maximum atomic E-state index is 13.3. The van der Waals surface area contributed by atoms with Gasteiger partial charge in [0, 0.05) is 41.8 Å². The van der Waals surface area contributed by atoms with Crippen LogP contribution in [0, 0.1) is 10.8 Å². The number of nitrogens with two attached hydrogens (primary N) is 1. The predicted octanol–water partition coefficient (Wildman–Crippen LogP) is 3.17. The molecule has 1 saturated heterocycles. The maximum Gasteiger partial charge on any atom is 0.233 e. The van der Waals surface area contributed by atoms with Crippen LogP contribution in [0.3, 0.4) is 0 Å². The third-order valence-electron chi connectivity index (χ3n) is 5.83. The van der Waals surface area contributed by atoms with Gasteiger partial charge in [-0.3, -0.25) is 4.79 Å². The van der Waals surface area contributed by atoms with Crippen molar-refractivity contribution in [1.82, 2.24) is 0 Å². The Balaban J connectivity index is 1.64. The van der Waals surface area contributed by atoms with E-state index in [1.165, 1.54) is 23.5 Å². The average Bonchev–Trinajstić information content (AvgIpc) is 3.23. The lowest BCUT2D eigenvalue weighted by Gasteiger charge is -2.23. The molecule has 1 spiro atoms. The second-order valence-corrected chi connectivity index (χ2v) is 7.26. The number of carbonyl (C=O) groups is 1. The zero-order valence-corrected chi connectivity index (χ0v) is 15.4. The molecule has 2 aromatic rings. The van der Waals surface area contributed by atoms with E-state index >= 15 is 0 Å². The maximum absolute atomic E-state index is 13.3. The summed E-state index contributed by atoms with van der Waals surface area (Å²) >= 11 is 0. The number of ether oxygens (including phenoxy) is 1. The van der Waals surface area contributed by atoms with Crippen LogP contribution in [0.1, 0.15) is 23.1 Å². The molecule has 2 aromatic carbocycles. The molecule has 0 radical (unpaired) electrons. The van der Waals surface area contributed by atoms with Crippen LogP contribution < -0.4 is 15.4 Å². The largest absolute Gasteiger partial charge is 0.496 e. The van der Waals surface area contributed by atoms with Crippen molar-refractivity contribution in [3.63, 3.8) is 0 Å². The number of anilines is 1. The fourth-order valence-corrected chi connectivity index (χ4v) is 4.39. The molecule has 0 atom stereocenters. The molecule has 1 heterocycles. The molecule has 0 unspecified atom stereocenters. The summed E-state index contributed by atoms with van der Waals surface area (Å²) in [4.78, 5) is 15.2. The Morgan fingerprint density at radius 2 is 1.93 bits per heavy atom. The van der Waals surface area contributed by atoms with Gasteiger partial charge in [0.05, 0.1) is 12.5 Å². The van der Waals surface area contributed by atoms with Gasteiger partial charge < -0.3 is 20.8 Å². The van der Waals surface area contributed by atoms with Gasteiger partial charge in [-0.25, -0.2) is 0 Å². The number of nitrogens with zero attached hydrogens (tertiary/aromatic N) is 1. The standard InChI is InChI=1S/C22H23N3O2/c1-27-20-10-18(6-7-19(20)17(13-23)14-24)25-9-8-22(21(25)26)11-15-4-2-3-5-16(15)12-22/h2-7,10,13-14,23H,8-9,11-12,24H2,1H3/b17-14+,23-13?. The lowest BCUT2D eigenvalue weighted by atomic mass is 9.83. The molecule has 2 aliphatic rings. The van der Waals surface area contributed by atoms with Crippen molar-refractivity contribution >= 4 is 23.4 Å². The Labute approximate surface area is 158 Å². The summed E-state index contributed by atoms with van der Waals surface area (Å²) < 4.78 is 5.50. The Morgan fingerprint density at radius 1 is 1.22 bits per heavy atom. The molecule has 138 valence electrons. The zero-order valence-electron chi connectivity index (χ0n) is 15.4. The first kappa shape index (κ1) is 17.3. The second kappa shape index (κ2) is 6.58. The van der Waals surface area contributed by atoms with Gasteiger partial charge in [0.25, 0.3) is 0 Å². The molecule has 0 aromatic heterocycles. The summed E-state index contributed by atoms with van der Waals surface area (Å²) in [5.41, 5.74) is 10.0. The van der Waals surface area contributed by atoms with Crippen molar-refractivity contribution in [2.45, 2.75) is 19.3 Å². The molecule has 4 rings (SSSR count). The average molecular weight is 361 g/mol. The van der Waals surface area contributed by atoms with Crippen LogP contribution in [0.5, 0.6) is 5.75 Å². The van der Waals surface area contributed by atoms with Crippen LogP contribution in [-0.4, -0.2) is 25.8 Å². The molecule has 0 bridgehead atoms. The predicted molar refractivity (Wildman–Crippen MR) is 107 cm³/mol. The van der Waals surface area contributed by atoms with Crippen LogP contribution in [-0.2, 0) is 17.6 Å². The minimum absolute atomic E-state index is 0.190. The van der Waals surface area contributed by atoms with E-state index in [1.807, 2.05) is 35.2 Å². The highest BCUT2D eigenvalue weighted by molar-refractivity contribution is 6.09. The van der Waals surface area contributed by atoms with E-state index in [4.69, 9.17) is 15.9 Å². The SMILES string of the molecule is COc1cc(N2CCC3(Cc4ccccc4C3)C2=O)ccc1/C(C=N)=C/N. The van der Waals surface area contributed by atoms with Crippen molar-refractivity contribution in [3.8, 4) is 5.75 Å². The van der Waals surface area contributed by atoms with Gasteiger partial charge in [-0.05, 0) is 42.5 Å². The van der Waals surface area contributed by atoms with Crippen molar-refractivity contribution in [2.24, 2.45) is 11.1 Å². The van der Waals surface area contributed by atoms with Crippen LogP contribution in [0.25, 0.3) is 5.57 Å². The summed E-state index contributed by atoms with van der Waals surface area (Å²) in [6.45, 7) is 0.708. The Hall–Kier alpha value is -3.08. The highest BCUT2D eigenvalue weighted by Crippen LogP contribution is 2.46. The van der Waals surface area contributed by atoms with Gasteiger partial charge in [-0.2, -0.15) is 0 Å². The van der Waals surface area contributed by atoms with Crippen molar-refractivity contribution in [2.75, 3.05) is 18.6 Å². The van der Waals surface area contributed by atoms with E-state index in [2.05, 4.69) is 12.1 Å². The smallest absolute Gasteiger partial charge is 0.233 e. The van der Waals surface area contributed by atoms with Gasteiger partial charge >= 0.3 is 0 Å². The highest BCUT2D eigenvalue weighted by Gasteiger charge is 2.50. The van der Waals surface area contributed by atoms with Crippen LogP contribution in [0.4, 0.5) is 5.69 Å². The fourth-order valence-electron chi connectivity index (χ4n) is 4.39. The summed E-state index contributed by atoms with van der Waals surface area (Å²) in [7, 11) is 1.58. The van der Waals surface area contributed by atoms with E-state index in [1.54, 1.807) is 7.11 Å². The normalized spacial score (nSPS) is 18.0. The van der Waals surface area contributed by atoms with Gasteiger partial charge in [0.2, 0.25) is 5.91 Å². The number of allylic oxidation sites excluding steroid dienone is 1. The van der Waals surface area contributed by atoms with Crippen molar-refractivity contribution in [3.05, 3.63) is 65.4 Å². The summed E-state index contributed by atoms with van der Waals surface area (Å²) in [6, 6.07) is 14.0. The molecule has 1 fully saturated rings. The molecule has 3 N–H and O–H groups in total. The Morgan fingerprint density at radius 3 is 2.52 bits per heavy atom. The third-order valence-corrected chi connectivity index (χ3v) is 5.83. The quantitative estimate of drug-likeness (QED) is 0.821. The number of fused-ring (bicyclic) bond motifs is 1. The lowest BCUT2D eigenvalue weighted by molar-refractivity contribution is -0.125. The van der Waals surface area contributed by atoms with E-state index in [0.717, 1.165) is 30.5 Å². The number of amides is 1. The molecule has 1 aliphatic carbocycles. The number of methoxy groups -OCH3 is 1. The molecular formula is C22H23N3O2. The first-order chi connectivity index (χ1) is 13.1. The number of nitrogens with one attached hydrogen (secondary N) is 1. The van der Waals surface area contributed by atoms with Crippen LogP contribution in [0.15, 0.2) is 48.7 Å². The first-order valence-corrected chi connectivity index (χ1v) is 9.11. The molecule has 1 amide bonds. The number of hydrogen-bond donors (Lipinski definition) is 2. The number of hydrogen-bond acceptors (Lipinski definition) is 4. The first-order valence-electron chi connectivity index (χ1n) is 9.11. The van der Waals surface area contributed by atoms with Gasteiger partial charge in [-0.15, -0.1) is 0 Å². The third kappa shape index (κ3) is 2.70. The minimum atomic E-state index is -0.313. The molecular weight excluding hydrogens is 338 g/mol. The monoisotopic (exact) mass is 361 g/mol. The number of rotatable bonds is 4. The summed E-state index contributed by atoms with van der Waals surface area (Å²) in [5, 5.41) is 7.50. The lowest BCUT2D eigenvalue weighted by Crippen LogP contribution is -2.35. The van der Waals surface area contributed by atoms with E-state index in [-0.39, 0.29) is 11.3 Å². The van der Waals surface area contributed by atoms with Crippen LogP contribution in [0.2, 0.25) is 0 Å². The topological polar surface area (TPSA) is 79.4 Å². The van der Waals surface area contributed by atoms with Gasteiger partial charge in [-0.1, -0.05) is 24.3 Å². The van der Waals surface area contributed by atoms with Crippen molar-refractivity contribution < 1.29 is 9.53 Å². The van der Waals surface area contributed by atoms with Crippen molar-refractivity contribution in [1.29, 1.82) is 5.41 Å². The highest BCUT2D eigenvalue weighted by atomic mass is 16.5. The second-order valence-electron chi connectivity index (χ2n) is 7.26. The number of benzene rings is 2. The van der Waals surface area contributed by atoms with Crippen LogP contribution >= 0.6 is 0 Å². The van der Waals surface area contributed by atoms with E-state index in [9.17, 15) is 4.79 Å². The Kier molecular flexibility index (Phi) is 4.22. The summed E-state index contributed by atoms with van der Waals surface area (Å²) in [5.74, 6) is 0.798. The van der Waals surface area contributed by atoms with Gasteiger partial charge in [0.15, 0.2) is 0 Å².